The number of carbonyl (C=O) groups excluding carboxylic acids is 1. The van der Waals surface area contributed by atoms with Crippen molar-refractivity contribution >= 4 is 5.97 Å². The summed E-state index contributed by atoms with van der Waals surface area (Å²) in [5, 5.41) is 3.29. The molecule has 0 unspecified atom stereocenters. The molecule has 86 valence electrons. The van der Waals surface area contributed by atoms with Crippen molar-refractivity contribution in [2.24, 2.45) is 5.11 Å². The lowest BCUT2D eigenvalue weighted by Crippen LogP contribution is -2.03. The molecule has 0 N–H and O–H groups in total. The number of nitrogens with zero attached hydrogens (tertiary/aromatic N) is 3. The molecule has 0 aliphatic carbocycles. The lowest BCUT2D eigenvalue weighted by Gasteiger charge is -2.03. The summed E-state index contributed by atoms with van der Waals surface area (Å²) in [6.07, 6.45) is 0. The van der Waals surface area contributed by atoms with E-state index in [9.17, 15) is 4.79 Å². The minimum atomic E-state index is -0.388. The van der Waals surface area contributed by atoms with Crippen molar-refractivity contribution in [3.05, 3.63) is 45.3 Å². The standard InChI is InChI=1S/C12H11N3O2/c1-9-5-6-10(4-3-7-14-15-13)8-11(9)12(16)17-2/h5-6,8H,7H2,1-2H3. The minimum absolute atomic E-state index is 0.109. The third-order valence-corrected chi connectivity index (χ3v) is 2.09. The molecule has 0 aliphatic heterocycles. The molecule has 1 rings (SSSR count). The van der Waals surface area contributed by atoms with Gasteiger partial charge < -0.3 is 4.74 Å². The second kappa shape index (κ2) is 6.21. The molecule has 5 heteroatoms. The SMILES string of the molecule is COC(=O)c1cc(C#CCN=[N+]=[N-])ccc1C. The molecule has 0 aliphatic rings. The topological polar surface area (TPSA) is 75.1 Å². The summed E-state index contributed by atoms with van der Waals surface area (Å²) in [4.78, 5) is 14.0. The van der Waals surface area contributed by atoms with Crippen LogP contribution >= 0.6 is 0 Å². The van der Waals surface area contributed by atoms with Crippen molar-refractivity contribution in [2.75, 3.05) is 13.7 Å². The van der Waals surface area contributed by atoms with E-state index in [0.29, 0.717) is 11.1 Å². The Bertz CT molecular complexity index is 534. The van der Waals surface area contributed by atoms with Gasteiger partial charge in [-0.15, -0.1) is 0 Å². The van der Waals surface area contributed by atoms with Crippen LogP contribution in [0.5, 0.6) is 0 Å². The Morgan fingerprint density at radius 3 is 3.00 bits per heavy atom. The van der Waals surface area contributed by atoms with Crippen LogP contribution in [0.15, 0.2) is 23.3 Å². The van der Waals surface area contributed by atoms with Crippen LogP contribution in [0.3, 0.4) is 0 Å². The van der Waals surface area contributed by atoms with Gasteiger partial charge in [-0.05, 0) is 30.2 Å². The third kappa shape index (κ3) is 3.56. The largest absolute Gasteiger partial charge is 0.465 e. The summed E-state index contributed by atoms with van der Waals surface area (Å²) >= 11 is 0. The lowest BCUT2D eigenvalue weighted by atomic mass is 10.1. The van der Waals surface area contributed by atoms with E-state index >= 15 is 0 Å². The van der Waals surface area contributed by atoms with Crippen LogP contribution in [-0.2, 0) is 4.74 Å². The number of carbonyl (C=O) groups is 1. The number of hydrogen-bond donors (Lipinski definition) is 0. The minimum Gasteiger partial charge on any atom is -0.465 e. The van der Waals surface area contributed by atoms with E-state index in [1.807, 2.05) is 6.92 Å². The Labute approximate surface area is 99.0 Å². The molecule has 0 radical (unpaired) electrons. The van der Waals surface area contributed by atoms with Gasteiger partial charge in [0.25, 0.3) is 0 Å². The van der Waals surface area contributed by atoms with Crippen LogP contribution in [0.25, 0.3) is 10.4 Å². The van der Waals surface area contributed by atoms with Gasteiger partial charge in [-0.1, -0.05) is 23.0 Å². The molecular formula is C12H11N3O2. The molecule has 0 bridgehead atoms. The fraction of sp³-hybridized carbons (Fsp3) is 0.250. The van der Waals surface area contributed by atoms with Gasteiger partial charge in [0.2, 0.25) is 0 Å². The van der Waals surface area contributed by atoms with Gasteiger partial charge in [-0.2, -0.15) is 0 Å². The third-order valence-electron chi connectivity index (χ3n) is 2.09. The number of methoxy groups -OCH3 is 1. The normalized spacial score (nSPS) is 8.59. The Kier molecular flexibility index (Phi) is 4.61. The second-order valence-electron chi connectivity index (χ2n) is 3.21. The van der Waals surface area contributed by atoms with Crippen molar-refractivity contribution in [2.45, 2.75) is 6.92 Å². The van der Waals surface area contributed by atoms with Crippen LogP contribution < -0.4 is 0 Å². The van der Waals surface area contributed by atoms with Gasteiger partial charge in [0.1, 0.15) is 0 Å². The van der Waals surface area contributed by atoms with Gasteiger partial charge in [0.05, 0.1) is 19.2 Å². The molecule has 0 heterocycles. The number of benzene rings is 1. The van der Waals surface area contributed by atoms with Crippen LogP contribution in [0.2, 0.25) is 0 Å². The first-order chi connectivity index (χ1) is 8.19. The van der Waals surface area contributed by atoms with Crippen LogP contribution in [0, 0.1) is 18.8 Å². The van der Waals surface area contributed by atoms with E-state index in [4.69, 9.17) is 5.53 Å². The Balaban J connectivity index is 2.98. The summed E-state index contributed by atoms with van der Waals surface area (Å²) < 4.78 is 4.66. The zero-order chi connectivity index (χ0) is 12.7. The van der Waals surface area contributed by atoms with E-state index in [1.54, 1.807) is 18.2 Å². The molecule has 1 aromatic carbocycles. The maximum Gasteiger partial charge on any atom is 0.338 e. The predicted octanol–water partition coefficient (Wildman–Crippen LogP) is 2.44. The zero-order valence-corrected chi connectivity index (χ0v) is 9.60. The number of azide groups is 1. The van der Waals surface area contributed by atoms with Gasteiger partial charge in [-0.3, -0.25) is 0 Å². The van der Waals surface area contributed by atoms with Gasteiger partial charge in [0.15, 0.2) is 0 Å². The zero-order valence-electron chi connectivity index (χ0n) is 9.60. The van der Waals surface area contributed by atoms with Crippen molar-refractivity contribution < 1.29 is 9.53 Å². The van der Waals surface area contributed by atoms with Gasteiger partial charge >= 0.3 is 5.97 Å². The van der Waals surface area contributed by atoms with E-state index in [2.05, 4.69) is 26.6 Å². The summed E-state index contributed by atoms with van der Waals surface area (Å²) in [6, 6.07) is 5.25. The summed E-state index contributed by atoms with van der Waals surface area (Å²) in [6.45, 7) is 1.93. The van der Waals surface area contributed by atoms with Crippen LogP contribution in [-0.4, -0.2) is 19.6 Å². The van der Waals surface area contributed by atoms with E-state index < -0.39 is 0 Å². The quantitative estimate of drug-likeness (QED) is 0.257. The first-order valence-electron chi connectivity index (χ1n) is 4.87. The second-order valence-corrected chi connectivity index (χ2v) is 3.21. The van der Waals surface area contributed by atoms with Crippen LogP contribution in [0.4, 0.5) is 0 Å². The smallest absolute Gasteiger partial charge is 0.338 e. The highest BCUT2D eigenvalue weighted by atomic mass is 16.5. The average molecular weight is 229 g/mol. The molecule has 0 atom stereocenters. The van der Waals surface area contributed by atoms with Crippen molar-refractivity contribution in [3.8, 4) is 11.8 Å². The predicted molar refractivity (Wildman–Crippen MR) is 63.4 cm³/mol. The maximum atomic E-state index is 11.4. The van der Waals surface area contributed by atoms with Crippen molar-refractivity contribution in [1.82, 2.24) is 0 Å². The Morgan fingerprint density at radius 2 is 2.35 bits per heavy atom. The Morgan fingerprint density at radius 1 is 1.59 bits per heavy atom. The van der Waals surface area contributed by atoms with E-state index in [1.165, 1.54) is 7.11 Å². The molecule has 0 fully saturated rings. The molecule has 0 saturated heterocycles. The van der Waals surface area contributed by atoms with Gasteiger partial charge in [-0.25, -0.2) is 4.79 Å². The molecule has 0 aromatic heterocycles. The van der Waals surface area contributed by atoms with Crippen molar-refractivity contribution in [1.29, 1.82) is 0 Å². The maximum absolute atomic E-state index is 11.4. The highest BCUT2D eigenvalue weighted by Gasteiger charge is 2.08. The molecule has 0 amide bonds. The average Bonchev–Trinajstić information content (AvgIpc) is 2.35. The van der Waals surface area contributed by atoms with Crippen molar-refractivity contribution in [3.63, 3.8) is 0 Å². The molecule has 0 saturated carbocycles. The molecular weight excluding hydrogens is 218 g/mol. The summed E-state index contributed by atoms with van der Waals surface area (Å²) in [7, 11) is 1.34. The first kappa shape index (κ1) is 12.6. The number of aryl methyl sites for hydroxylation is 1. The highest BCUT2D eigenvalue weighted by Crippen LogP contribution is 2.11. The summed E-state index contributed by atoms with van der Waals surface area (Å²) in [5.74, 6) is 5.10. The molecule has 0 spiro atoms. The first-order valence-corrected chi connectivity index (χ1v) is 4.87. The van der Waals surface area contributed by atoms with E-state index in [-0.39, 0.29) is 12.5 Å². The lowest BCUT2D eigenvalue weighted by molar-refractivity contribution is 0.0600. The fourth-order valence-corrected chi connectivity index (χ4v) is 1.24. The number of ether oxygens (including phenoxy) is 1. The monoisotopic (exact) mass is 229 g/mol. The molecule has 1 aromatic rings. The summed E-state index contributed by atoms with van der Waals surface area (Å²) in [5.41, 5.74) is 10.1. The van der Waals surface area contributed by atoms with E-state index in [0.717, 1.165) is 5.56 Å². The number of rotatable bonds is 2. The number of esters is 1. The number of hydrogen-bond acceptors (Lipinski definition) is 3. The van der Waals surface area contributed by atoms with Gasteiger partial charge in [0, 0.05) is 10.5 Å². The fourth-order valence-electron chi connectivity index (χ4n) is 1.24. The Hall–Kier alpha value is -2.44. The van der Waals surface area contributed by atoms with Crippen LogP contribution in [0.1, 0.15) is 21.5 Å². The molecule has 17 heavy (non-hydrogen) atoms. The highest BCUT2D eigenvalue weighted by molar-refractivity contribution is 5.91. The molecule has 5 nitrogen and oxygen atoms in total.